The van der Waals surface area contributed by atoms with Gasteiger partial charge in [-0.15, -0.1) is 11.8 Å². The van der Waals surface area contributed by atoms with E-state index in [0.717, 1.165) is 16.1 Å². The Labute approximate surface area is 94.0 Å². The van der Waals surface area contributed by atoms with E-state index in [0.29, 0.717) is 12.4 Å². The molecule has 3 nitrogen and oxygen atoms in total. The van der Waals surface area contributed by atoms with Crippen molar-refractivity contribution in [1.82, 2.24) is 0 Å². The topological polar surface area (TPSA) is 52.3 Å². The van der Waals surface area contributed by atoms with E-state index in [2.05, 4.69) is 0 Å². The average molecular weight is 225 g/mol. The number of esters is 1. The predicted molar refractivity (Wildman–Crippen MR) is 62.9 cm³/mol. The highest BCUT2D eigenvalue weighted by atomic mass is 32.2. The van der Waals surface area contributed by atoms with E-state index in [4.69, 9.17) is 10.5 Å². The van der Waals surface area contributed by atoms with Crippen molar-refractivity contribution in [3.8, 4) is 0 Å². The number of benzene rings is 1. The number of nitrogens with two attached hydrogens (primary N) is 1. The van der Waals surface area contributed by atoms with Crippen LogP contribution in [0.3, 0.4) is 0 Å². The quantitative estimate of drug-likeness (QED) is 0.485. The zero-order valence-electron chi connectivity index (χ0n) is 8.95. The van der Waals surface area contributed by atoms with Crippen LogP contribution in [0, 0.1) is 6.92 Å². The minimum absolute atomic E-state index is 0.193. The van der Waals surface area contributed by atoms with Gasteiger partial charge in [-0.3, -0.25) is 4.79 Å². The number of carbonyl (C=O) groups excluding carboxylic acids is 1. The molecule has 0 aliphatic carbocycles. The Bertz CT molecular complexity index is 352. The lowest BCUT2D eigenvalue weighted by atomic mass is 10.2. The molecule has 0 saturated heterocycles. The fourth-order valence-corrected chi connectivity index (χ4v) is 1.80. The molecule has 0 aromatic heterocycles. The lowest BCUT2D eigenvalue weighted by molar-refractivity contribution is -0.139. The van der Waals surface area contributed by atoms with Gasteiger partial charge in [-0.1, -0.05) is 6.07 Å². The summed E-state index contributed by atoms with van der Waals surface area (Å²) in [5.41, 5.74) is 7.56. The Morgan fingerprint density at radius 3 is 2.87 bits per heavy atom. The summed E-state index contributed by atoms with van der Waals surface area (Å²) >= 11 is 1.44. The third kappa shape index (κ3) is 3.83. The molecule has 0 bridgehead atoms. The molecular weight excluding hydrogens is 210 g/mol. The van der Waals surface area contributed by atoms with Crippen LogP contribution >= 0.6 is 11.8 Å². The largest absolute Gasteiger partial charge is 0.465 e. The van der Waals surface area contributed by atoms with Crippen LogP contribution in [0.25, 0.3) is 0 Å². The molecule has 0 fully saturated rings. The van der Waals surface area contributed by atoms with Crippen molar-refractivity contribution in [3.05, 3.63) is 23.8 Å². The fourth-order valence-electron chi connectivity index (χ4n) is 1.05. The van der Waals surface area contributed by atoms with E-state index in [1.807, 2.05) is 25.1 Å². The number of ether oxygens (including phenoxy) is 1. The standard InChI is InChI=1S/C11H15NO2S/c1-3-14-11(13)7-15-9-5-4-8(2)10(12)6-9/h4-6H,3,7,12H2,1-2H3. The summed E-state index contributed by atoms with van der Waals surface area (Å²) in [4.78, 5) is 12.1. The Hall–Kier alpha value is -1.16. The van der Waals surface area contributed by atoms with E-state index < -0.39 is 0 Å². The average Bonchev–Trinajstić information content (AvgIpc) is 2.20. The summed E-state index contributed by atoms with van der Waals surface area (Å²) in [5.74, 6) is 0.137. The van der Waals surface area contributed by atoms with Crippen molar-refractivity contribution in [2.75, 3.05) is 18.1 Å². The lowest BCUT2D eigenvalue weighted by Crippen LogP contribution is -2.06. The van der Waals surface area contributed by atoms with Crippen LogP contribution in [0.5, 0.6) is 0 Å². The maximum absolute atomic E-state index is 11.1. The fraction of sp³-hybridized carbons (Fsp3) is 0.364. The second-order valence-electron chi connectivity index (χ2n) is 3.11. The molecular formula is C11H15NO2S. The van der Waals surface area contributed by atoms with Crippen LogP contribution in [0.4, 0.5) is 5.69 Å². The van der Waals surface area contributed by atoms with Gasteiger partial charge in [-0.05, 0) is 31.5 Å². The predicted octanol–water partition coefficient (Wildman–Crippen LogP) is 2.23. The van der Waals surface area contributed by atoms with E-state index in [-0.39, 0.29) is 5.97 Å². The molecule has 0 heterocycles. The van der Waals surface area contributed by atoms with Gasteiger partial charge in [-0.25, -0.2) is 0 Å². The maximum Gasteiger partial charge on any atom is 0.316 e. The number of anilines is 1. The second-order valence-corrected chi connectivity index (χ2v) is 4.16. The molecule has 4 heteroatoms. The minimum atomic E-state index is -0.193. The van der Waals surface area contributed by atoms with Gasteiger partial charge in [0.15, 0.2) is 0 Å². The Morgan fingerprint density at radius 1 is 1.53 bits per heavy atom. The van der Waals surface area contributed by atoms with E-state index in [1.54, 1.807) is 6.92 Å². The number of aryl methyl sites for hydroxylation is 1. The third-order valence-corrected chi connectivity index (χ3v) is 2.88. The third-order valence-electron chi connectivity index (χ3n) is 1.91. The molecule has 0 amide bonds. The van der Waals surface area contributed by atoms with E-state index in [9.17, 15) is 4.79 Å². The van der Waals surface area contributed by atoms with Gasteiger partial charge >= 0.3 is 5.97 Å². The monoisotopic (exact) mass is 225 g/mol. The molecule has 15 heavy (non-hydrogen) atoms. The van der Waals surface area contributed by atoms with E-state index in [1.165, 1.54) is 11.8 Å². The zero-order chi connectivity index (χ0) is 11.3. The summed E-state index contributed by atoms with van der Waals surface area (Å²) < 4.78 is 4.83. The van der Waals surface area contributed by atoms with Crippen molar-refractivity contribution >= 4 is 23.4 Å². The summed E-state index contributed by atoms with van der Waals surface area (Å²) in [6, 6.07) is 5.78. The normalized spacial score (nSPS) is 10.0. The van der Waals surface area contributed by atoms with Crippen LogP contribution < -0.4 is 5.73 Å². The first kappa shape index (κ1) is 11.9. The molecule has 0 aliphatic heterocycles. The number of carbonyl (C=O) groups is 1. The van der Waals surface area contributed by atoms with Crippen molar-refractivity contribution < 1.29 is 9.53 Å². The molecule has 0 aliphatic rings. The molecule has 0 saturated carbocycles. The van der Waals surface area contributed by atoms with Gasteiger partial charge in [0.25, 0.3) is 0 Å². The van der Waals surface area contributed by atoms with Crippen molar-refractivity contribution in [1.29, 1.82) is 0 Å². The van der Waals surface area contributed by atoms with Gasteiger partial charge in [0.1, 0.15) is 0 Å². The second kappa shape index (κ2) is 5.66. The van der Waals surface area contributed by atoms with Gasteiger partial charge in [0.05, 0.1) is 12.4 Å². The Morgan fingerprint density at radius 2 is 2.27 bits per heavy atom. The van der Waals surface area contributed by atoms with Crippen molar-refractivity contribution in [2.24, 2.45) is 0 Å². The molecule has 0 unspecified atom stereocenters. The smallest absolute Gasteiger partial charge is 0.316 e. The molecule has 0 radical (unpaired) electrons. The van der Waals surface area contributed by atoms with Crippen molar-refractivity contribution in [3.63, 3.8) is 0 Å². The molecule has 1 aromatic rings. The van der Waals surface area contributed by atoms with Gasteiger partial charge in [0, 0.05) is 10.6 Å². The summed E-state index contributed by atoms with van der Waals surface area (Å²) in [7, 11) is 0. The lowest BCUT2D eigenvalue weighted by Gasteiger charge is -2.04. The number of nitrogen functional groups attached to an aromatic ring is 1. The first-order valence-corrected chi connectivity index (χ1v) is 5.76. The van der Waals surface area contributed by atoms with Crippen molar-refractivity contribution in [2.45, 2.75) is 18.7 Å². The van der Waals surface area contributed by atoms with Crippen LogP contribution in [0.2, 0.25) is 0 Å². The Kier molecular flexibility index (Phi) is 4.49. The summed E-state index contributed by atoms with van der Waals surface area (Å²) in [5, 5.41) is 0. The molecule has 1 rings (SSSR count). The van der Waals surface area contributed by atoms with Gasteiger partial charge in [-0.2, -0.15) is 0 Å². The molecule has 0 spiro atoms. The first-order valence-electron chi connectivity index (χ1n) is 4.78. The maximum atomic E-state index is 11.1. The first-order chi connectivity index (χ1) is 7.13. The highest BCUT2D eigenvalue weighted by Gasteiger charge is 2.03. The highest BCUT2D eigenvalue weighted by Crippen LogP contribution is 2.22. The zero-order valence-corrected chi connectivity index (χ0v) is 9.76. The molecule has 82 valence electrons. The van der Waals surface area contributed by atoms with Crippen LogP contribution in [-0.2, 0) is 9.53 Å². The molecule has 2 N–H and O–H groups in total. The molecule has 0 atom stereocenters. The SMILES string of the molecule is CCOC(=O)CSc1ccc(C)c(N)c1. The number of rotatable bonds is 4. The van der Waals surface area contributed by atoms with E-state index >= 15 is 0 Å². The summed E-state index contributed by atoms with van der Waals surface area (Å²) in [6.07, 6.45) is 0. The summed E-state index contributed by atoms with van der Waals surface area (Å²) in [6.45, 7) is 4.18. The minimum Gasteiger partial charge on any atom is -0.465 e. The van der Waals surface area contributed by atoms with Gasteiger partial charge < -0.3 is 10.5 Å². The highest BCUT2D eigenvalue weighted by molar-refractivity contribution is 8.00. The number of hydrogen-bond donors (Lipinski definition) is 1. The van der Waals surface area contributed by atoms with Crippen LogP contribution in [0.15, 0.2) is 23.1 Å². The number of thioether (sulfide) groups is 1. The van der Waals surface area contributed by atoms with Gasteiger partial charge in [0.2, 0.25) is 0 Å². The molecule has 1 aromatic carbocycles. The Balaban J connectivity index is 2.51. The number of hydrogen-bond acceptors (Lipinski definition) is 4. The van der Waals surface area contributed by atoms with Crippen LogP contribution in [-0.4, -0.2) is 18.3 Å². The van der Waals surface area contributed by atoms with Crippen LogP contribution in [0.1, 0.15) is 12.5 Å².